The Labute approximate surface area is 163 Å². The van der Waals surface area contributed by atoms with E-state index in [0.717, 1.165) is 11.6 Å². The summed E-state index contributed by atoms with van der Waals surface area (Å²) in [5, 5.41) is 10.3. The summed E-state index contributed by atoms with van der Waals surface area (Å²) in [4.78, 5) is 16.7. The maximum Gasteiger partial charge on any atom is 0.237 e. The number of carbonyl (C=O) groups is 1. The van der Waals surface area contributed by atoms with Crippen molar-refractivity contribution in [1.29, 1.82) is 0 Å². The average Bonchev–Trinajstić information content (AvgIpc) is 3.06. The number of aromatic nitrogens is 3. The number of anilines is 1. The first-order chi connectivity index (χ1) is 12.4. The van der Waals surface area contributed by atoms with Crippen molar-refractivity contribution < 1.29 is 9.18 Å². The summed E-state index contributed by atoms with van der Waals surface area (Å²) < 4.78 is 13.1. The summed E-state index contributed by atoms with van der Waals surface area (Å²) >= 11 is 13.0. The highest BCUT2D eigenvalue weighted by Gasteiger charge is 2.18. The van der Waals surface area contributed by atoms with E-state index < -0.39 is 11.1 Å². The third kappa shape index (κ3) is 4.55. The standard InChI is InChI=1S/C17H13Cl2FN4OS/c1-9(16(25)21-14-7-6-12(20)8-13(14)19)26-17-22-15(23-24-17)10-2-4-11(18)5-3-10/h2-9H,1H3,(H,21,25)(H,22,23,24). The number of carbonyl (C=O) groups excluding carboxylic acids is 1. The zero-order chi connectivity index (χ0) is 18.7. The lowest BCUT2D eigenvalue weighted by molar-refractivity contribution is -0.115. The number of halogens is 3. The first-order valence-corrected chi connectivity index (χ1v) is 9.17. The summed E-state index contributed by atoms with van der Waals surface area (Å²) in [5.41, 5.74) is 1.19. The zero-order valence-corrected chi connectivity index (χ0v) is 15.8. The van der Waals surface area contributed by atoms with Gasteiger partial charge in [-0.2, -0.15) is 0 Å². The summed E-state index contributed by atoms with van der Waals surface area (Å²) in [7, 11) is 0. The van der Waals surface area contributed by atoms with Crippen molar-refractivity contribution >= 4 is 46.6 Å². The van der Waals surface area contributed by atoms with Gasteiger partial charge in [-0.15, -0.1) is 5.10 Å². The van der Waals surface area contributed by atoms with E-state index in [1.807, 2.05) is 12.1 Å². The maximum atomic E-state index is 13.1. The fourth-order valence-corrected chi connectivity index (χ4v) is 3.14. The van der Waals surface area contributed by atoms with Crippen LogP contribution in [0.5, 0.6) is 0 Å². The molecule has 1 unspecified atom stereocenters. The Kier molecular flexibility index (Phi) is 5.80. The molecule has 2 aromatic carbocycles. The number of thioether (sulfide) groups is 1. The van der Waals surface area contributed by atoms with Crippen LogP contribution in [0, 0.1) is 5.82 Å². The Bertz CT molecular complexity index is 933. The molecular formula is C17H13Cl2FN4OS. The summed E-state index contributed by atoms with van der Waals surface area (Å²) in [6, 6.07) is 10.9. The molecule has 1 amide bonds. The minimum atomic E-state index is -0.481. The van der Waals surface area contributed by atoms with Crippen LogP contribution in [0.25, 0.3) is 11.4 Å². The lowest BCUT2D eigenvalue weighted by Crippen LogP contribution is -2.22. The highest BCUT2D eigenvalue weighted by Crippen LogP contribution is 2.26. The molecule has 5 nitrogen and oxygen atoms in total. The molecule has 1 atom stereocenters. The molecule has 0 fully saturated rings. The van der Waals surface area contributed by atoms with E-state index in [9.17, 15) is 9.18 Å². The van der Waals surface area contributed by atoms with Crippen LogP contribution in [0.3, 0.4) is 0 Å². The Balaban J connectivity index is 1.65. The summed E-state index contributed by atoms with van der Waals surface area (Å²) in [6.07, 6.45) is 0. The van der Waals surface area contributed by atoms with Crippen LogP contribution in [-0.4, -0.2) is 26.3 Å². The van der Waals surface area contributed by atoms with Crippen LogP contribution in [0.4, 0.5) is 10.1 Å². The lowest BCUT2D eigenvalue weighted by atomic mass is 10.2. The van der Waals surface area contributed by atoms with Gasteiger partial charge in [0.25, 0.3) is 0 Å². The molecule has 3 aromatic rings. The van der Waals surface area contributed by atoms with Gasteiger partial charge in [0.1, 0.15) is 5.82 Å². The molecule has 0 spiro atoms. The number of nitrogens with one attached hydrogen (secondary N) is 2. The van der Waals surface area contributed by atoms with Gasteiger partial charge in [-0.25, -0.2) is 9.37 Å². The van der Waals surface area contributed by atoms with E-state index in [1.54, 1.807) is 19.1 Å². The summed E-state index contributed by atoms with van der Waals surface area (Å²) in [6.45, 7) is 1.72. The predicted molar refractivity (Wildman–Crippen MR) is 102 cm³/mol. The molecule has 0 saturated carbocycles. The van der Waals surface area contributed by atoms with Crippen molar-refractivity contribution in [2.45, 2.75) is 17.3 Å². The van der Waals surface area contributed by atoms with Crippen molar-refractivity contribution in [3.05, 3.63) is 58.3 Å². The van der Waals surface area contributed by atoms with Gasteiger partial charge in [0, 0.05) is 10.6 Å². The van der Waals surface area contributed by atoms with E-state index in [1.165, 1.54) is 23.9 Å². The first-order valence-electron chi connectivity index (χ1n) is 7.53. The van der Waals surface area contributed by atoms with Gasteiger partial charge in [-0.1, -0.05) is 35.0 Å². The smallest absolute Gasteiger partial charge is 0.237 e. The predicted octanol–water partition coefficient (Wildman–Crippen LogP) is 5.04. The van der Waals surface area contributed by atoms with Crippen molar-refractivity contribution in [2.24, 2.45) is 0 Å². The normalized spacial score (nSPS) is 12.0. The minimum Gasteiger partial charge on any atom is -0.324 e. The SMILES string of the molecule is CC(Sc1n[nH]c(-c2ccc(Cl)cc2)n1)C(=O)Nc1ccc(F)cc1Cl. The number of hydrogen-bond donors (Lipinski definition) is 2. The molecule has 3 rings (SSSR count). The van der Waals surface area contributed by atoms with Crippen LogP contribution >= 0.6 is 35.0 Å². The average molecular weight is 411 g/mol. The third-order valence-corrected chi connectivity index (χ3v) is 4.95. The fourth-order valence-electron chi connectivity index (χ4n) is 2.07. The Hall–Kier alpha value is -2.09. The molecule has 0 bridgehead atoms. The maximum absolute atomic E-state index is 13.1. The largest absolute Gasteiger partial charge is 0.324 e. The van der Waals surface area contributed by atoms with E-state index in [0.29, 0.717) is 21.7 Å². The van der Waals surface area contributed by atoms with Gasteiger partial charge in [0.05, 0.1) is 16.0 Å². The Morgan fingerprint density at radius 2 is 1.96 bits per heavy atom. The van der Waals surface area contributed by atoms with Crippen LogP contribution in [-0.2, 0) is 4.79 Å². The van der Waals surface area contributed by atoms with Gasteiger partial charge >= 0.3 is 0 Å². The fraction of sp³-hybridized carbons (Fsp3) is 0.118. The molecule has 26 heavy (non-hydrogen) atoms. The molecule has 0 aliphatic rings. The van der Waals surface area contributed by atoms with Crippen molar-refractivity contribution in [2.75, 3.05) is 5.32 Å². The molecule has 1 aromatic heterocycles. The molecule has 134 valence electrons. The van der Waals surface area contributed by atoms with E-state index in [2.05, 4.69) is 20.5 Å². The molecule has 0 aliphatic heterocycles. The number of rotatable bonds is 5. The Morgan fingerprint density at radius 1 is 1.23 bits per heavy atom. The van der Waals surface area contributed by atoms with Crippen LogP contribution in [0.15, 0.2) is 47.6 Å². The van der Waals surface area contributed by atoms with Crippen LogP contribution in [0.1, 0.15) is 6.92 Å². The number of H-pyrrole nitrogens is 1. The second-order valence-corrected chi connectivity index (χ2v) is 7.50. The molecular weight excluding hydrogens is 398 g/mol. The zero-order valence-electron chi connectivity index (χ0n) is 13.5. The molecule has 0 saturated heterocycles. The lowest BCUT2D eigenvalue weighted by Gasteiger charge is -2.11. The number of amides is 1. The van der Waals surface area contributed by atoms with E-state index >= 15 is 0 Å². The van der Waals surface area contributed by atoms with E-state index in [-0.39, 0.29) is 10.9 Å². The van der Waals surface area contributed by atoms with Crippen molar-refractivity contribution in [1.82, 2.24) is 15.2 Å². The third-order valence-electron chi connectivity index (χ3n) is 3.42. The highest BCUT2D eigenvalue weighted by molar-refractivity contribution is 8.00. The number of hydrogen-bond acceptors (Lipinski definition) is 4. The topological polar surface area (TPSA) is 70.7 Å². The van der Waals surface area contributed by atoms with Crippen molar-refractivity contribution in [3.8, 4) is 11.4 Å². The first kappa shape index (κ1) is 18.7. The van der Waals surface area contributed by atoms with Crippen molar-refractivity contribution in [3.63, 3.8) is 0 Å². The molecule has 0 aliphatic carbocycles. The molecule has 0 radical (unpaired) electrons. The minimum absolute atomic E-state index is 0.137. The van der Waals surface area contributed by atoms with Gasteiger partial charge in [0.15, 0.2) is 5.82 Å². The van der Waals surface area contributed by atoms with Gasteiger partial charge in [-0.3, -0.25) is 9.89 Å². The summed E-state index contributed by atoms with van der Waals surface area (Å²) in [5.74, 6) is -0.175. The van der Waals surface area contributed by atoms with Crippen LogP contribution < -0.4 is 5.32 Å². The quantitative estimate of drug-likeness (QED) is 0.578. The monoisotopic (exact) mass is 410 g/mol. The van der Waals surface area contributed by atoms with Crippen LogP contribution in [0.2, 0.25) is 10.0 Å². The second-order valence-electron chi connectivity index (χ2n) is 5.35. The highest BCUT2D eigenvalue weighted by atomic mass is 35.5. The van der Waals surface area contributed by atoms with Gasteiger partial charge < -0.3 is 5.32 Å². The molecule has 2 N–H and O–H groups in total. The van der Waals surface area contributed by atoms with E-state index in [4.69, 9.17) is 23.2 Å². The van der Waals surface area contributed by atoms with Gasteiger partial charge in [0.2, 0.25) is 11.1 Å². The Morgan fingerprint density at radius 3 is 2.65 bits per heavy atom. The molecule has 1 heterocycles. The number of aromatic amines is 1. The van der Waals surface area contributed by atoms with Gasteiger partial charge in [-0.05, 0) is 49.4 Å². The number of benzene rings is 2. The number of nitrogens with zero attached hydrogens (tertiary/aromatic N) is 2. The molecule has 9 heteroatoms. The second kappa shape index (κ2) is 8.07.